The summed E-state index contributed by atoms with van der Waals surface area (Å²) in [6, 6.07) is 0. The van der Waals surface area contributed by atoms with Crippen LogP contribution in [0.3, 0.4) is 0 Å². The van der Waals surface area contributed by atoms with Crippen molar-refractivity contribution in [1.82, 2.24) is 0 Å². The van der Waals surface area contributed by atoms with Crippen molar-refractivity contribution in [3.8, 4) is 0 Å². The molecule has 0 spiro atoms. The van der Waals surface area contributed by atoms with Gasteiger partial charge in [0.05, 0.1) is 0 Å². The van der Waals surface area contributed by atoms with E-state index >= 15 is 0 Å². The van der Waals surface area contributed by atoms with Gasteiger partial charge in [-0.25, -0.2) is 0 Å². The van der Waals surface area contributed by atoms with Crippen LogP contribution < -0.4 is 168 Å². The molecule has 0 radical (unpaired) electrons. The molecule has 0 aliphatic carbocycles. The van der Waals surface area contributed by atoms with Crippen LogP contribution in [0.5, 0.6) is 0 Å². The maximum atomic E-state index is 9.28. The minimum atomic E-state index is -2.92. The molecule has 104 valence electrons. The van der Waals surface area contributed by atoms with Gasteiger partial charge in [-0.05, 0) is 0 Å². The zero-order chi connectivity index (χ0) is 15.3. The van der Waals surface area contributed by atoms with E-state index in [2.05, 4.69) is 0 Å². The van der Waals surface area contributed by atoms with Gasteiger partial charge in [0.1, 0.15) is 0 Å². The molecule has 25 heavy (non-hydrogen) atoms. The Bertz CT molecular complexity index is 254. The van der Waals surface area contributed by atoms with E-state index in [0.29, 0.717) is 0 Å². The van der Waals surface area contributed by atoms with Crippen LogP contribution in [0.15, 0.2) is 0 Å². The van der Waals surface area contributed by atoms with Crippen LogP contribution in [-0.2, 0) is 19.2 Å². The van der Waals surface area contributed by atoms with Crippen LogP contribution in [0, 0.1) is 0 Å². The normalized spacial score (nSPS) is 5.56. The Morgan fingerprint density at radius 1 is 0.480 bits per heavy atom. The van der Waals surface area contributed by atoms with E-state index in [1.54, 1.807) is 0 Å². The second kappa shape index (κ2) is 45.0. The molecule has 0 fully saturated rings. The van der Waals surface area contributed by atoms with Crippen LogP contribution in [0.4, 0.5) is 0 Å². The molecule has 0 N–H and O–H groups in total. The maximum absolute atomic E-state index is 9.28. The molecule has 0 aromatic carbocycles. The van der Waals surface area contributed by atoms with Crippen LogP contribution in [0.25, 0.3) is 0 Å². The predicted octanol–water partition coefficient (Wildman–Crippen LogP) is -31.2. The van der Waals surface area contributed by atoms with E-state index in [0.717, 1.165) is 0 Å². The number of carbonyl (C=O) groups is 4. The maximum Gasteiger partial charge on any atom is 1.00 e. The van der Waals surface area contributed by atoms with Crippen LogP contribution in [0.2, 0.25) is 0 Å². The molecule has 0 aromatic rings. The summed E-state index contributed by atoms with van der Waals surface area (Å²) < 4.78 is 0. The number of hydrogen-bond acceptors (Lipinski definition) is 11. The molecule has 0 rings (SSSR count). The second-order valence-electron chi connectivity index (χ2n) is 2.13. The third-order valence-corrected chi connectivity index (χ3v) is 0.577. The molecule has 0 unspecified atom stereocenters. The van der Waals surface area contributed by atoms with Crippen LogP contribution >= 0.6 is 0 Å². The fourth-order valence-electron chi connectivity index (χ4n) is 0.236. The molecule has 0 saturated heterocycles. The topological polar surface area (TPSA) is 230 Å². The number of carbonyl (C=O) groups excluding carboxylic acids is 4. The summed E-state index contributed by atoms with van der Waals surface area (Å²) in [6.45, 7) is 0. The minimum Gasteiger partial charge on any atom is -0.907 e. The molecular weight excluding hydrogens is 307 g/mol. The molecule has 0 atom stereocenters. The summed E-state index contributed by atoms with van der Waals surface area (Å²) in [6.07, 6.45) is -2.06. The molecule has 0 saturated carbocycles. The number of carboxylic acid groups (broad SMARTS) is 4. The van der Waals surface area contributed by atoms with Gasteiger partial charge in [-0.1, -0.05) is 0 Å². The standard InChI is InChI=1S/2C3H4O4.BO3.7Li/c2*4-2(5)1-3(6)7;2-1(3)4;;;;;;;/h2*1H2,(H,4,5)(H,6,7);;;;;;;;/q;;-3;7*+1/p-4. The number of rotatable bonds is 4. The van der Waals surface area contributed by atoms with Crippen molar-refractivity contribution in [3.05, 3.63) is 0 Å². The summed E-state index contributed by atoms with van der Waals surface area (Å²) in [4.78, 5) is 37.1. The first-order valence-corrected chi connectivity index (χ1v) is 3.75. The van der Waals surface area contributed by atoms with Crippen molar-refractivity contribution in [2.45, 2.75) is 12.8 Å². The van der Waals surface area contributed by atoms with Crippen molar-refractivity contribution in [2.75, 3.05) is 0 Å². The van der Waals surface area contributed by atoms with Gasteiger partial charge in [-0.15, -0.1) is 0 Å². The smallest absolute Gasteiger partial charge is 0.907 e. The van der Waals surface area contributed by atoms with Gasteiger partial charge in [0.15, 0.2) is 0 Å². The predicted molar refractivity (Wildman–Crippen MR) is 35.0 cm³/mol. The van der Waals surface area contributed by atoms with Gasteiger partial charge >= 0.3 is 132 Å². The Balaban J connectivity index is -0.0000000152. The molecule has 19 heteroatoms. The summed E-state index contributed by atoms with van der Waals surface area (Å²) in [7, 11) is -2.92. The van der Waals surface area contributed by atoms with Crippen molar-refractivity contribution >= 4 is 31.2 Å². The van der Waals surface area contributed by atoms with E-state index in [4.69, 9.17) is 15.1 Å². The molecule has 0 aromatic heterocycles. The van der Waals surface area contributed by atoms with Crippen molar-refractivity contribution in [1.29, 1.82) is 0 Å². The van der Waals surface area contributed by atoms with Crippen molar-refractivity contribution in [2.24, 2.45) is 0 Å². The zero-order valence-electron chi connectivity index (χ0n) is 15.5. The average Bonchev–Trinajstić information content (AvgIpc) is 1.96. The van der Waals surface area contributed by atoms with Gasteiger partial charge in [0.25, 0.3) is 0 Å². The molecule has 0 bridgehead atoms. The van der Waals surface area contributed by atoms with Crippen molar-refractivity contribution in [3.63, 3.8) is 0 Å². The Morgan fingerprint density at radius 2 is 0.560 bits per heavy atom. The van der Waals surface area contributed by atoms with Crippen molar-refractivity contribution < 1.29 is 187 Å². The summed E-state index contributed by atoms with van der Waals surface area (Å²) in [5.41, 5.74) is 0. The summed E-state index contributed by atoms with van der Waals surface area (Å²) >= 11 is 0. The van der Waals surface area contributed by atoms with E-state index in [1.807, 2.05) is 0 Å². The van der Waals surface area contributed by atoms with E-state index in [9.17, 15) is 39.6 Å². The Labute approximate surface area is 228 Å². The van der Waals surface area contributed by atoms with Gasteiger partial charge in [-0.2, -0.15) is 0 Å². The molecule has 0 amide bonds. The first-order chi connectivity index (χ1) is 7.98. The molecule has 11 nitrogen and oxygen atoms in total. The van der Waals surface area contributed by atoms with Gasteiger partial charge in [0.2, 0.25) is 0 Å². The third kappa shape index (κ3) is 150. The first kappa shape index (κ1) is 63.2. The van der Waals surface area contributed by atoms with Crippen LogP contribution in [-0.4, -0.2) is 31.2 Å². The fourth-order valence-corrected chi connectivity index (χ4v) is 0.236. The Kier molecular flexibility index (Phi) is 114. The molecule has 0 aliphatic rings. The Morgan fingerprint density at radius 3 is 0.560 bits per heavy atom. The average molecular weight is 311 g/mol. The van der Waals surface area contributed by atoms with Gasteiger partial charge < -0.3 is 54.7 Å². The molecular formula is C6H4BLi7O11. The van der Waals surface area contributed by atoms with Crippen LogP contribution in [0.1, 0.15) is 12.8 Å². The quantitative estimate of drug-likeness (QED) is 0.349. The van der Waals surface area contributed by atoms with Gasteiger partial charge in [-0.3, -0.25) is 7.32 Å². The monoisotopic (exact) mass is 312 g/mol. The SMILES string of the molecule is O=C([O-])CC(=O)[O-].O=C([O-])CC(=O)[O-].[Li+].[Li+].[Li+].[Li+].[Li+].[Li+].[Li+].[O-]B([O-])[O-]. The third-order valence-electron chi connectivity index (χ3n) is 0.577. The fraction of sp³-hybridized carbons (Fsp3) is 0.333. The number of hydrogen-bond donors (Lipinski definition) is 0. The van der Waals surface area contributed by atoms with E-state index in [-0.39, 0.29) is 132 Å². The molecule has 0 heterocycles. The van der Waals surface area contributed by atoms with E-state index < -0.39 is 44.0 Å². The number of carboxylic acids is 4. The van der Waals surface area contributed by atoms with E-state index in [1.165, 1.54) is 0 Å². The minimum absolute atomic E-state index is 0. The number of aliphatic carboxylic acids is 4. The second-order valence-corrected chi connectivity index (χ2v) is 2.13. The largest absolute Gasteiger partial charge is 1.00 e. The Hall–Kier alpha value is 2.01. The summed E-state index contributed by atoms with van der Waals surface area (Å²) in [5, 5.41) is 62.4. The zero-order valence-corrected chi connectivity index (χ0v) is 15.5. The first-order valence-electron chi connectivity index (χ1n) is 3.75. The summed E-state index contributed by atoms with van der Waals surface area (Å²) in [5.74, 6) is -6.50. The molecule has 0 aliphatic heterocycles. The van der Waals surface area contributed by atoms with Gasteiger partial charge in [0, 0.05) is 36.7 Å².